The number of nitrogens with two attached hydrogens (primary N) is 1. The second kappa shape index (κ2) is 6.39. The molecule has 0 aliphatic heterocycles. The lowest BCUT2D eigenvalue weighted by molar-refractivity contribution is 0.613. The van der Waals surface area contributed by atoms with Gasteiger partial charge in [-0.05, 0) is 24.1 Å². The largest absolute Gasteiger partial charge is 0.324 e. The molecule has 0 fully saturated rings. The van der Waals surface area contributed by atoms with E-state index in [0.717, 1.165) is 18.4 Å². The monoisotopic (exact) mass is 228 g/mol. The highest BCUT2D eigenvalue weighted by atomic mass is 35.5. The fraction of sp³-hybridized carbons (Fsp3) is 0.364. The quantitative estimate of drug-likeness (QED) is 0.865. The third-order valence-electron chi connectivity index (χ3n) is 2.14. The Balaban J connectivity index is 0.00000196. The van der Waals surface area contributed by atoms with Crippen LogP contribution >= 0.6 is 12.4 Å². The first-order valence-electron chi connectivity index (χ1n) is 4.64. The van der Waals surface area contributed by atoms with Crippen molar-refractivity contribution in [2.24, 2.45) is 5.73 Å². The van der Waals surface area contributed by atoms with Crippen molar-refractivity contribution in [3.05, 3.63) is 35.1 Å². The zero-order valence-electron chi connectivity index (χ0n) is 8.53. The van der Waals surface area contributed by atoms with E-state index in [4.69, 9.17) is 11.0 Å². The molecule has 1 rings (SSSR count). The number of nitrogens with zero attached hydrogens (tertiary/aromatic N) is 1. The van der Waals surface area contributed by atoms with Gasteiger partial charge in [0.25, 0.3) is 0 Å². The molecule has 1 aromatic rings. The molecule has 0 aliphatic rings. The summed E-state index contributed by atoms with van der Waals surface area (Å²) in [4.78, 5) is 0. The summed E-state index contributed by atoms with van der Waals surface area (Å²) in [5, 5.41) is 8.62. The third-order valence-corrected chi connectivity index (χ3v) is 2.14. The highest BCUT2D eigenvalue weighted by Gasteiger charge is 2.08. The minimum atomic E-state index is -0.486. The molecule has 0 saturated carbocycles. The lowest BCUT2D eigenvalue weighted by atomic mass is 10.0. The molecule has 0 heterocycles. The van der Waals surface area contributed by atoms with Gasteiger partial charge in [-0.25, -0.2) is 4.39 Å². The lowest BCUT2D eigenvalue weighted by Crippen LogP contribution is -2.10. The van der Waals surface area contributed by atoms with E-state index in [2.05, 4.69) is 0 Å². The molecule has 0 bridgehead atoms. The minimum absolute atomic E-state index is 0. The highest BCUT2D eigenvalue weighted by molar-refractivity contribution is 5.85. The number of hydrogen-bond acceptors (Lipinski definition) is 2. The first kappa shape index (κ1) is 13.9. The lowest BCUT2D eigenvalue weighted by Gasteiger charge is -2.10. The highest BCUT2D eigenvalue weighted by Crippen LogP contribution is 2.18. The summed E-state index contributed by atoms with van der Waals surface area (Å²) in [5.74, 6) is -0.486. The Labute approximate surface area is 95.3 Å². The number of hydrogen-bond donors (Lipinski definition) is 1. The second-order valence-electron chi connectivity index (χ2n) is 3.25. The van der Waals surface area contributed by atoms with Gasteiger partial charge in [0.05, 0.1) is 5.56 Å². The molecule has 1 aromatic carbocycles. The molecule has 2 N–H and O–H groups in total. The summed E-state index contributed by atoms with van der Waals surface area (Å²) < 4.78 is 13.0. The Hall–Kier alpha value is -1.11. The normalized spacial score (nSPS) is 11.3. The van der Waals surface area contributed by atoms with Crippen molar-refractivity contribution in [3.63, 3.8) is 0 Å². The maximum absolute atomic E-state index is 13.0. The summed E-state index contributed by atoms with van der Waals surface area (Å²) in [6.45, 7) is 2.04. The Morgan fingerprint density at radius 2 is 2.20 bits per heavy atom. The van der Waals surface area contributed by atoms with Crippen LogP contribution in [-0.4, -0.2) is 0 Å². The third kappa shape index (κ3) is 3.50. The van der Waals surface area contributed by atoms with Crippen LogP contribution in [0.3, 0.4) is 0 Å². The Morgan fingerprint density at radius 3 is 2.73 bits per heavy atom. The molecular weight excluding hydrogens is 215 g/mol. The van der Waals surface area contributed by atoms with Crippen molar-refractivity contribution in [3.8, 4) is 6.07 Å². The van der Waals surface area contributed by atoms with Crippen LogP contribution in [0.4, 0.5) is 4.39 Å². The molecule has 0 spiro atoms. The summed E-state index contributed by atoms with van der Waals surface area (Å²) in [6, 6.07) is 6.15. The van der Waals surface area contributed by atoms with Crippen molar-refractivity contribution in [2.75, 3.05) is 0 Å². The van der Waals surface area contributed by atoms with Gasteiger partial charge in [0, 0.05) is 6.04 Å². The average molecular weight is 229 g/mol. The van der Waals surface area contributed by atoms with Crippen LogP contribution in [-0.2, 0) is 0 Å². The van der Waals surface area contributed by atoms with Crippen LogP contribution < -0.4 is 5.73 Å². The molecule has 15 heavy (non-hydrogen) atoms. The zero-order chi connectivity index (χ0) is 10.6. The van der Waals surface area contributed by atoms with Gasteiger partial charge in [0.1, 0.15) is 11.9 Å². The van der Waals surface area contributed by atoms with Gasteiger partial charge >= 0.3 is 0 Å². The maximum Gasteiger partial charge on any atom is 0.140 e. The maximum atomic E-state index is 13.0. The van der Waals surface area contributed by atoms with E-state index >= 15 is 0 Å². The topological polar surface area (TPSA) is 49.8 Å². The molecule has 0 saturated heterocycles. The van der Waals surface area contributed by atoms with Crippen molar-refractivity contribution in [1.82, 2.24) is 0 Å². The van der Waals surface area contributed by atoms with Crippen LogP contribution in [0.1, 0.15) is 36.9 Å². The van der Waals surface area contributed by atoms with Crippen LogP contribution in [0, 0.1) is 17.1 Å². The minimum Gasteiger partial charge on any atom is -0.324 e. The molecule has 82 valence electrons. The Morgan fingerprint density at radius 1 is 1.53 bits per heavy atom. The fourth-order valence-corrected chi connectivity index (χ4v) is 1.34. The smallest absolute Gasteiger partial charge is 0.140 e. The van der Waals surface area contributed by atoms with E-state index in [1.807, 2.05) is 6.92 Å². The molecule has 0 radical (unpaired) electrons. The molecule has 0 aliphatic carbocycles. The summed E-state index contributed by atoms with van der Waals surface area (Å²) in [6.07, 6.45) is 1.82. The van der Waals surface area contributed by atoms with Gasteiger partial charge in [-0.3, -0.25) is 0 Å². The molecule has 0 unspecified atom stereocenters. The van der Waals surface area contributed by atoms with E-state index < -0.39 is 5.82 Å². The van der Waals surface area contributed by atoms with E-state index in [1.165, 1.54) is 12.1 Å². The van der Waals surface area contributed by atoms with Gasteiger partial charge in [-0.1, -0.05) is 19.4 Å². The van der Waals surface area contributed by atoms with Gasteiger partial charge in [-0.2, -0.15) is 5.26 Å². The SMILES string of the molecule is CCC[C@H](N)c1ccc(F)c(C#N)c1.Cl. The van der Waals surface area contributed by atoms with Gasteiger partial charge in [-0.15, -0.1) is 12.4 Å². The zero-order valence-corrected chi connectivity index (χ0v) is 9.35. The van der Waals surface area contributed by atoms with Crippen molar-refractivity contribution in [1.29, 1.82) is 5.26 Å². The van der Waals surface area contributed by atoms with Crippen molar-refractivity contribution in [2.45, 2.75) is 25.8 Å². The molecule has 0 amide bonds. The van der Waals surface area contributed by atoms with Crippen molar-refractivity contribution < 1.29 is 4.39 Å². The number of halogens is 2. The van der Waals surface area contributed by atoms with E-state index in [1.54, 1.807) is 12.1 Å². The molecule has 0 aromatic heterocycles. The predicted octanol–water partition coefficient (Wildman–Crippen LogP) is 2.92. The van der Waals surface area contributed by atoms with Crippen LogP contribution in [0.15, 0.2) is 18.2 Å². The second-order valence-corrected chi connectivity index (χ2v) is 3.25. The predicted molar refractivity (Wildman–Crippen MR) is 60.2 cm³/mol. The fourth-order valence-electron chi connectivity index (χ4n) is 1.34. The van der Waals surface area contributed by atoms with E-state index in [-0.39, 0.29) is 24.0 Å². The molecule has 1 atom stereocenters. The summed E-state index contributed by atoms with van der Waals surface area (Å²) in [7, 11) is 0. The van der Waals surface area contributed by atoms with Crippen LogP contribution in [0.25, 0.3) is 0 Å². The summed E-state index contributed by atoms with van der Waals surface area (Å²) in [5.41, 5.74) is 6.74. The first-order valence-corrected chi connectivity index (χ1v) is 4.64. The number of rotatable bonds is 3. The molecular formula is C11H14ClFN2. The average Bonchev–Trinajstić information content (AvgIpc) is 2.19. The number of benzene rings is 1. The summed E-state index contributed by atoms with van der Waals surface area (Å²) >= 11 is 0. The van der Waals surface area contributed by atoms with Crippen LogP contribution in [0.5, 0.6) is 0 Å². The van der Waals surface area contributed by atoms with Gasteiger partial charge < -0.3 is 5.73 Å². The van der Waals surface area contributed by atoms with Crippen LogP contribution in [0.2, 0.25) is 0 Å². The van der Waals surface area contributed by atoms with Crippen molar-refractivity contribution >= 4 is 12.4 Å². The first-order chi connectivity index (χ1) is 6.69. The van der Waals surface area contributed by atoms with E-state index in [9.17, 15) is 4.39 Å². The van der Waals surface area contributed by atoms with E-state index in [0.29, 0.717) is 0 Å². The Kier molecular flexibility index (Phi) is 5.92. The molecule has 2 nitrogen and oxygen atoms in total. The van der Waals surface area contributed by atoms with Gasteiger partial charge in [0.15, 0.2) is 0 Å². The number of nitriles is 1. The van der Waals surface area contributed by atoms with Gasteiger partial charge in [0.2, 0.25) is 0 Å². The Bertz CT molecular complexity index is 360. The molecule has 4 heteroatoms. The standard InChI is InChI=1S/C11H13FN2.ClH/c1-2-3-11(14)8-4-5-10(12)9(6-8)7-13;/h4-6,11H,2-3,14H2,1H3;1H/t11-;/m0./s1.